The Hall–Kier alpha value is -2.88. The molecule has 4 heteroatoms. The Kier molecular flexibility index (Phi) is 6.32. The molecular weight excluding hydrogens is 296 g/mol. The number of allylic oxidation sites excluding steroid dienone is 1. The standard InChI is InChI=1S/C20H24N4/c1-15(2)20(23-21-13-18-11-7-5-9-16(18)3)24-22-14-19-12-8-6-10-17(19)4/h5-14,23-24H,1-4H3/b21-13+,22-14+. The molecule has 0 fully saturated rings. The minimum Gasteiger partial charge on any atom is -0.262 e. The molecule has 0 heterocycles. The van der Waals surface area contributed by atoms with Crippen molar-refractivity contribution >= 4 is 12.4 Å². The number of rotatable bonds is 6. The summed E-state index contributed by atoms with van der Waals surface area (Å²) in [5, 5.41) is 8.60. The summed E-state index contributed by atoms with van der Waals surface area (Å²) in [7, 11) is 0. The number of aryl methyl sites for hydroxylation is 2. The SMILES string of the molecule is CC(C)=C(N/N=C/c1ccccc1C)N/N=C/c1ccccc1C. The summed E-state index contributed by atoms with van der Waals surface area (Å²) in [4.78, 5) is 0. The Morgan fingerprint density at radius 1 is 0.750 bits per heavy atom. The number of benzene rings is 2. The molecule has 0 aliphatic rings. The van der Waals surface area contributed by atoms with E-state index < -0.39 is 0 Å². The number of nitrogens with zero attached hydrogens (tertiary/aromatic N) is 2. The minimum atomic E-state index is 0.768. The van der Waals surface area contributed by atoms with Gasteiger partial charge in [0, 0.05) is 0 Å². The smallest absolute Gasteiger partial charge is 0.138 e. The van der Waals surface area contributed by atoms with Crippen LogP contribution in [0.3, 0.4) is 0 Å². The zero-order valence-electron chi connectivity index (χ0n) is 14.7. The molecule has 0 aliphatic carbocycles. The summed E-state index contributed by atoms with van der Waals surface area (Å²) in [5.41, 5.74) is 11.7. The van der Waals surface area contributed by atoms with E-state index in [-0.39, 0.29) is 0 Å². The van der Waals surface area contributed by atoms with Crippen molar-refractivity contribution in [3.63, 3.8) is 0 Å². The van der Waals surface area contributed by atoms with E-state index in [4.69, 9.17) is 0 Å². The van der Waals surface area contributed by atoms with Crippen LogP contribution in [0.1, 0.15) is 36.1 Å². The van der Waals surface area contributed by atoms with Crippen molar-refractivity contribution in [2.24, 2.45) is 10.2 Å². The Morgan fingerprint density at radius 2 is 1.17 bits per heavy atom. The summed E-state index contributed by atoms with van der Waals surface area (Å²) in [5.74, 6) is 0.768. The van der Waals surface area contributed by atoms with Gasteiger partial charge in [0.2, 0.25) is 0 Å². The van der Waals surface area contributed by atoms with Gasteiger partial charge >= 0.3 is 0 Å². The number of hydrazone groups is 2. The van der Waals surface area contributed by atoms with Crippen LogP contribution in [0.25, 0.3) is 0 Å². The first kappa shape index (κ1) is 17.5. The highest BCUT2D eigenvalue weighted by Crippen LogP contribution is 2.05. The van der Waals surface area contributed by atoms with E-state index in [1.54, 1.807) is 0 Å². The van der Waals surface area contributed by atoms with Crippen molar-refractivity contribution in [2.45, 2.75) is 27.7 Å². The lowest BCUT2D eigenvalue weighted by molar-refractivity contribution is 0.730. The molecule has 24 heavy (non-hydrogen) atoms. The van der Waals surface area contributed by atoms with Crippen LogP contribution in [-0.4, -0.2) is 12.4 Å². The highest BCUT2D eigenvalue weighted by Gasteiger charge is 1.97. The van der Waals surface area contributed by atoms with Gasteiger partial charge in [-0.05, 0) is 55.5 Å². The molecule has 0 aromatic heterocycles. The first-order valence-electron chi connectivity index (χ1n) is 7.95. The zero-order valence-corrected chi connectivity index (χ0v) is 14.7. The molecule has 2 N–H and O–H groups in total. The van der Waals surface area contributed by atoms with E-state index in [0.29, 0.717) is 0 Å². The van der Waals surface area contributed by atoms with E-state index in [0.717, 1.165) is 22.5 Å². The maximum Gasteiger partial charge on any atom is 0.138 e. The third-order valence-electron chi connectivity index (χ3n) is 3.64. The van der Waals surface area contributed by atoms with Crippen molar-refractivity contribution < 1.29 is 0 Å². The second kappa shape index (κ2) is 8.67. The topological polar surface area (TPSA) is 48.8 Å². The Labute approximate surface area is 144 Å². The van der Waals surface area contributed by atoms with Gasteiger partial charge in [0.05, 0.1) is 12.4 Å². The van der Waals surface area contributed by atoms with E-state index in [1.165, 1.54) is 11.1 Å². The Morgan fingerprint density at radius 3 is 1.54 bits per heavy atom. The van der Waals surface area contributed by atoms with Gasteiger partial charge in [0.15, 0.2) is 0 Å². The van der Waals surface area contributed by atoms with E-state index >= 15 is 0 Å². The van der Waals surface area contributed by atoms with Crippen LogP contribution in [0.2, 0.25) is 0 Å². The molecule has 0 aliphatic heterocycles. The largest absolute Gasteiger partial charge is 0.262 e. The maximum atomic E-state index is 4.30. The average molecular weight is 320 g/mol. The monoisotopic (exact) mass is 320 g/mol. The molecule has 0 bridgehead atoms. The van der Waals surface area contributed by atoms with Crippen LogP contribution in [-0.2, 0) is 0 Å². The first-order valence-corrected chi connectivity index (χ1v) is 7.95. The van der Waals surface area contributed by atoms with Crippen LogP contribution in [0, 0.1) is 13.8 Å². The molecule has 2 aromatic rings. The molecule has 0 saturated heterocycles. The van der Waals surface area contributed by atoms with Gasteiger partial charge in [-0.15, -0.1) is 0 Å². The van der Waals surface area contributed by atoms with Crippen LogP contribution < -0.4 is 10.9 Å². The summed E-state index contributed by atoms with van der Waals surface area (Å²) in [6.45, 7) is 8.13. The van der Waals surface area contributed by atoms with E-state index in [1.807, 2.05) is 62.7 Å². The quantitative estimate of drug-likeness (QED) is 0.622. The average Bonchev–Trinajstić information content (AvgIpc) is 2.56. The normalized spacial score (nSPS) is 11.0. The van der Waals surface area contributed by atoms with Gasteiger partial charge < -0.3 is 0 Å². The van der Waals surface area contributed by atoms with Crippen LogP contribution >= 0.6 is 0 Å². The maximum absolute atomic E-state index is 4.30. The van der Waals surface area contributed by atoms with Crippen LogP contribution in [0.5, 0.6) is 0 Å². The Bertz CT molecular complexity index is 709. The fraction of sp³-hybridized carbons (Fsp3) is 0.200. The van der Waals surface area contributed by atoms with E-state index in [2.05, 4.69) is 47.0 Å². The van der Waals surface area contributed by atoms with Gasteiger partial charge in [-0.1, -0.05) is 48.5 Å². The molecule has 2 rings (SSSR count). The van der Waals surface area contributed by atoms with Gasteiger partial charge in [-0.25, -0.2) is 0 Å². The molecule has 2 aromatic carbocycles. The lowest BCUT2D eigenvalue weighted by Gasteiger charge is -2.08. The predicted molar refractivity (Wildman–Crippen MR) is 102 cm³/mol. The summed E-state index contributed by atoms with van der Waals surface area (Å²) in [6, 6.07) is 16.2. The molecule has 0 spiro atoms. The molecule has 4 nitrogen and oxygen atoms in total. The lowest BCUT2D eigenvalue weighted by atomic mass is 10.1. The Balaban J connectivity index is 2.00. The molecule has 0 saturated carbocycles. The molecular formula is C20H24N4. The van der Waals surface area contributed by atoms with Crippen molar-refractivity contribution in [1.29, 1.82) is 0 Å². The third kappa shape index (κ3) is 5.09. The number of hydrogen-bond donors (Lipinski definition) is 2. The summed E-state index contributed by atoms with van der Waals surface area (Å²) < 4.78 is 0. The van der Waals surface area contributed by atoms with Gasteiger partial charge in [-0.2, -0.15) is 10.2 Å². The van der Waals surface area contributed by atoms with Crippen LogP contribution in [0.15, 0.2) is 70.1 Å². The highest BCUT2D eigenvalue weighted by atomic mass is 15.4. The second-order valence-electron chi connectivity index (χ2n) is 5.83. The molecule has 0 amide bonds. The predicted octanol–water partition coefficient (Wildman–Crippen LogP) is 4.10. The van der Waals surface area contributed by atoms with Crippen molar-refractivity contribution in [3.8, 4) is 0 Å². The van der Waals surface area contributed by atoms with Crippen molar-refractivity contribution in [3.05, 3.63) is 82.2 Å². The summed E-state index contributed by atoms with van der Waals surface area (Å²) >= 11 is 0. The fourth-order valence-corrected chi connectivity index (χ4v) is 2.04. The second-order valence-corrected chi connectivity index (χ2v) is 5.83. The van der Waals surface area contributed by atoms with E-state index in [9.17, 15) is 0 Å². The summed E-state index contributed by atoms with van der Waals surface area (Å²) in [6.07, 6.45) is 3.62. The first-order chi connectivity index (χ1) is 11.6. The molecule has 0 atom stereocenters. The molecule has 124 valence electrons. The van der Waals surface area contributed by atoms with Gasteiger partial charge in [-0.3, -0.25) is 10.9 Å². The minimum absolute atomic E-state index is 0.768. The van der Waals surface area contributed by atoms with Crippen molar-refractivity contribution in [1.82, 2.24) is 10.9 Å². The highest BCUT2D eigenvalue weighted by molar-refractivity contribution is 5.82. The lowest BCUT2D eigenvalue weighted by Crippen LogP contribution is -2.20. The van der Waals surface area contributed by atoms with Crippen molar-refractivity contribution in [2.75, 3.05) is 0 Å². The number of hydrogen-bond acceptors (Lipinski definition) is 4. The molecule has 0 unspecified atom stereocenters. The number of nitrogens with one attached hydrogen (secondary N) is 2. The zero-order chi connectivity index (χ0) is 17.4. The van der Waals surface area contributed by atoms with Crippen LogP contribution in [0.4, 0.5) is 0 Å². The van der Waals surface area contributed by atoms with Gasteiger partial charge in [0.25, 0.3) is 0 Å². The fourth-order valence-electron chi connectivity index (χ4n) is 2.04. The molecule has 0 radical (unpaired) electrons. The third-order valence-corrected chi connectivity index (χ3v) is 3.64. The van der Waals surface area contributed by atoms with Gasteiger partial charge in [0.1, 0.15) is 5.82 Å².